The van der Waals surface area contributed by atoms with Gasteiger partial charge in [0.05, 0.1) is 23.4 Å². The van der Waals surface area contributed by atoms with Crippen molar-refractivity contribution >= 4 is 0 Å². The number of alkyl halides is 3. The summed E-state index contributed by atoms with van der Waals surface area (Å²) in [5.74, 6) is 1.48. The molecule has 0 unspecified atom stereocenters. The van der Waals surface area contributed by atoms with Crippen molar-refractivity contribution < 1.29 is 17.6 Å². The molecule has 0 radical (unpaired) electrons. The van der Waals surface area contributed by atoms with E-state index in [4.69, 9.17) is 4.42 Å². The lowest BCUT2D eigenvalue weighted by molar-refractivity contribution is -0.137. The van der Waals surface area contributed by atoms with Crippen molar-refractivity contribution in [2.75, 3.05) is 6.54 Å². The number of halogens is 3. The summed E-state index contributed by atoms with van der Waals surface area (Å²) in [7, 11) is 0. The molecular formula is C24H19F3N4O2. The number of H-pyrrole nitrogens is 1. The summed E-state index contributed by atoms with van der Waals surface area (Å²) < 4.78 is 44.8. The number of furan rings is 1. The molecule has 0 fully saturated rings. The number of hydrogen-bond acceptors (Lipinski definition) is 5. The molecule has 0 bridgehead atoms. The van der Waals surface area contributed by atoms with Crippen molar-refractivity contribution in [3.63, 3.8) is 0 Å². The van der Waals surface area contributed by atoms with E-state index in [1.54, 1.807) is 36.7 Å². The molecule has 1 aliphatic heterocycles. The molecule has 4 heterocycles. The predicted molar refractivity (Wildman–Crippen MR) is 115 cm³/mol. The molecule has 4 aromatic rings. The first-order valence-corrected chi connectivity index (χ1v) is 10.4. The first-order valence-electron chi connectivity index (χ1n) is 10.4. The smallest absolute Gasteiger partial charge is 0.416 e. The highest BCUT2D eigenvalue weighted by atomic mass is 19.4. The van der Waals surface area contributed by atoms with Crippen molar-refractivity contribution in [1.29, 1.82) is 0 Å². The number of fused-ring (bicyclic) bond motifs is 1. The third-order valence-electron chi connectivity index (χ3n) is 5.60. The standard InChI is InChI=1S/C24H19F3N4O2/c25-24(26,27)17-5-1-3-15(11-17)21-7-6-18(33-21)13-31-10-8-20-19(14-31)23(32)30-22(29-20)16-4-2-9-28-12-16/h1-7,9,11-12H,8,10,13-14H2,(H,29,30,32). The molecular weight excluding hydrogens is 433 g/mol. The lowest BCUT2D eigenvalue weighted by Gasteiger charge is -2.26. The molecule has 33 heavy (non-hydrogen) atoms. The Bertz CT molecular complexity index is 1350. The maximum Gasteiger partial charge on any atom is 0.416 e. The number of benzene rings is 1. The van der Waals surface area contributed by atoms with Crippen molar-refractivity contribution in [2.24, 2.45) is 0 Å². The second-order valence-electron chi connectivity index (χ2n) is 7.89. The fraction of sp³-hybridized carbons (Fsp3) is 0.208. The number of rotatable bonds is 4. The van der Waals surface area contributed by atoms with E-state index < -0.39 is 11.7 Å². The maximum atomic E-state index is 13.0. The number of nitrogens with zero attached hydrogens (tertiary/aromatic N) is 3. The Morgan fingerprint density at radius 1 is 1.09 bits per heavy atom. The Hall–Kier alpha value is -3.72. The van der Waals surface area contributed by atoms with Gasteiger partial charge in [-0.2, -0.15) is 13.2 Å². The zero-order valence-electron chi connectivity index (χ0n) is 17.4. The van der Waals surface area contributed by atoms with Crippen LogP contribution in [-0.4, -0.2) is 26.4 Å². The van der Waals surface area contributed by atoms with E-state index in [0.29, 0.717) is 54.5 Å². The van der Waals surface area contributed by atoms with Gasteiger partial charge in [-0.15, -0.1) is 0 Å². The highest BCUT2D eigenvalue weighted by Crippen LogP contribution is 2.33. The Morgan fingerprint density at radius 2 is 1.94 bits per heavy atom. The molecule has 3 aromatic heterocycles. The summed E-state index contributed by atoms with van der Waals surface area (Å²) in [6.07, 6.45) is -0.498. The van der Waals surface area contributed by atoms with E-state index in [9.17, 15) is 18.0 Å². The Labute approximate surface area is 186 Å². The van der Waals surface area contributed by atoms with E-state index in [1.165, 1.54) is 6.07 Å². The summed E-state index contributed by atoms with van der Waals surface area (Å²) in [4.78, 5) is 26.3. The van der Waals surface area contributed by atoms with Gasteiger partial charge in [0.15, 0.2) is 0 Å². The number of aromatic amines is 1. The number of nitrogens with one attached hydrogen (secondary N) is 1. The minimum absolute atomic E-state index is 0.187. The van der Waals surface area contributed by atoms with Gasteiger partial charge < -0.3 is 9.40 Å². The van der Waals surface area contributed by atoms with Gasteiger partial charge in [-0.1, -0.05) is 12.1 Å². The number of pyridine rings is 1. The van der Waals surface area contributed by atoms with Gasteiger partial charge >= 0.3 is 6.18 Å². The quantitative estimate of drug-likeness (QED) is 0.487. The van der Waals surface area contributed by atoms with Crippen LogP contribution in [-0.2, 0) is 25.7 Å². The number of hydrogen-bond donors (Lipinski definition) is 1. The highest BCUT2D eigenvalue weighted by molar-refractivity contribution is 5.59. The van der Waals surface area contributed by atoms with E-state index in [0.717, 1.165) is 23.4 Å². The molecule has 1 aliphatic rings. The average molecular weight is 452 g/mol. The van der Waals surface area contributed by atoms with E-state index in [1.807, 2.05) is 6.07 Å². The first-order chi connectivity index (χ1) is 15.9. The van der Waals surface area contributed by atoms with Crippen LogP contribution in [0.4, 0.5) is 13.2 Å². The van der Waals surface area contributed by atoms with E-state index in [-0.39, 0.29) is 5.56 Å². The average Bonchev–Trinajstić information content (AvgIpc) is 3.28. The molecule has 0 saturated carbocycles. The highest BCUT2D eigenvalue weighted by Gasteiger charge is 2.30. The largest absolute Gasteiger partial charge is 0.460 e. The molecule has 0 atom stereocenters. The molecule has 0 amide bonds. The van der Waals surface area contributed by atoms with E-state index >= 15 is 0 Å². The third-order valence-corrected chi connectivity index (χ3v) is 5.60. The van der Waals surface area contributed by atoms with Gasteiger partial charge in [-0.25, -0.2) is 4.98 Å². The molecule has 1 N–H and O–H groups in total. The van der Waals surface area contributed by atoms with Crippen LogP contribution in [0.25, 0.3) is 22.7 Å². The second kappa shape index (κ2) is 8.32. The summed E-state index contributed by atoms with van der Waals surface area (Å²) in [6.45, 7) is 1.52. The van der Waals surface area contributed by atoms with Crippen LogP contribution in [0.2, 0.25) is 0 Å². The van der Waals surface area contributed by atoms with Crippen LogP contribution in [0.15, 0.2) is 70.1 Å². The first kappa shape index (κ1) is 21.1. The fourth-order valence-electron chi connectivity index (χ4n) is 3.94. The minimum atomic E-state index is -4.41. The summed E-state index contributed by atoms with van der Waals surface area (Å²) in [6, 6.07) is 12.1. The van der Waals surface area contributed by atoms with Gasteiger partial charge in [0.25, 0.3) is 5.56 Å². The topological polar surface area (TPSA) is 75.0 Å². The van der Waals surface area contributed by atoms with Crippen LogP contribution in [0, 0.1) is 0 Å². The van der Waals surface area contributed by atoms with Crippen molar-refractivity contribution in [1.82, 2.24) is 19.9 Å². The lowest BCUT2D eigenvalue weighted by atomic mass is 10.1. The molecule has 168 valence electrons. The molecule has 1 aromatic carbocycles. The molecule has 0 aliphatic carbocycles. The third kappa shape index (κ3) is 4.45. The normalized spacial score (nSPS) is 14.3. The second-order valence-corrected chi connectivity index (χ2v) is 7.89. The predicted octanol–water partition coefficient (Wildman–Crippen LogP) is 4.67. The van der Waals surface area contributed by atoms with Crippen LogP contribution in [0.1, 0.15) is 22.6 Å². The van der Waals surface area contributed by atoms with Crippen LogP contribution in [0.5, 0.6) is 0 Å². The maximum absolute atomic E-state index is 13.0. The summed E-state index contributed by atoms with van der Waals surface area (Å²) in [5.41, 5.74) is 1.58. The summed E-state index contributed by atoms with van der Waals surface area (Å²) in [5, 5.41) is 0. The van der Waals surface area contributed by atoms with Crippen LogP contribution >= 0.6 is 0 Å². The van der Waals surface area contributed by atoms with Gasteiger partial charge in [0.1, 0.15) is 17.3 Å². The van der Waals surface area contributed by atoms with E-state index in [2.05, 4.69) is 19.9 Å². The van der Waals surface area contributed by atoms with Crippen LogP contribution in [0.3, 0.4) is 0 Å². The van der Waals surface area contributed by atoms with Gasteiger partial charge in [-0.05, 0) is 36.4 Å². The molecule has 5 rings (SSSR count). The number of aromatic nitrogens is 3. The van der Waals surface area contributed by atoms with Crippen molar-refractivity contribution in [2.45, 2.75) is 25.7 Å². The van der Waals surface area contributed by atoms with Gasteiger partial charge in [0, 0.05) is 43.0 Å². The monoisotopic (exact) mass is 452 g/mol. The zero-order valence-corrected chi connectivity index (χ0v) is 17.4. The lowest BCUT2D eigenvalue weighted by Crippen LogP contribution is -2.35. The van der Waals surface area contributed by atoms with Gasteiger partial charge in [0.2, 0.25) is 0 Å². The molecule has 9 heteroatoms. The van der Waals surface area contributed by atoms with Crippen LogP contribution < -0.4 is 5.56 Å². The fourth-order valence-corrected chi connectivity index (χ4v) is 3.94. The molecule has 6 nitrogen and oxygen atoms in total. The Balaban J connectivity index is 1.32. The van der Waals surface area contributed by atoms with Crippen molar-refractivity contribution in [3.8, 4) is 22.7 Å². The minimum Gasteiger partial charge on any atom is -0.460 e. The Morgan fingerprint density at radius 3 is 2.73 bits per heavy atom. The SMILES string of the molecule is O=c1[nH]c(-c2cccnc2)nc2c1CN(Cc1ccc(-c3cccc(C(F)(F)F)c3)o1)CC2. The zero-order chi connectivity index (χ0) is 23.0. The van der Waals surface area contributed by atoms with Crippen molar-refractivity contribution in [3.05, 3.63) is 93.9 Å². The Kier molecular flexibility index (Phi) is 5.33. The molecule has 0 saturated heterocycles. The van der Waals surface area contributed by atoms with Gasteiger partial charge in [-0.3, -0.25) is 14.7 Å². The summed E-state index contributed by atoms with van der Waals surface area (Å²) >= 11 is 0. The molecule has 0 spiro atoms.